The number of aromatic nitrogens is 1. The number of carboxylic acids is 1. The normalized spacial score (nSPS) is 15.2. The Morgan fingerprint density at radius 1 is 1.36 bits per heavy atom. The highest BCUT2D eigenvalue weighted by atomic mass is 32.2. The van der Waals surface area contributed by atoms with E-state index in [0.29, 0.717) is 31.3 Å². The highest BCUT2D eigenvalue weighted by Gasteiger charge is 2.22. The summed E-state index contributed by atoms with van der Waals surface area (Å²) in [5.41, 5.74) is 0.640. The summed E-state index contributed by atoms with van der Waals surface area (Å²) in [4.78, 5) is 17.5. The zero-order chi connectivity index (χ0) is 18.0. The van der Waals surface area contributed by atoms with Gasteiger partial charge >= 0.3 is 5.97 Å². The smallest absolute Gasteiger partial charge is 0.337 e. The van der Waals surface area contributed by atoms with Crippen LogP contribution in [0.25, 0.3) is 0 Å². The van der Waals surface area contributed by atoms with E-state index in [1.807, 2.05) is 4.90 Å². The van der Waals surface area contributed by atoms with Crippen LogP contribution in [0.3, 0.4) is 0 Å². The molecule has 0 amide bonds. The largest absolute Gasteiger partial charge is 0.478 e. The number of carbonyl (C=O) groups is 1. The number of ether oxygens (including phenoxy) is 1. The number of aryl methyl sites for hydroxylation is 1. The Bertz CT molecular complexity index is 888. The van der Waals surface area contributed by atoms with Crippen molar-refractivity contribution in [2.24, 2.45) is 0 Å². The van der Waals surface area contributed by atoms with Gasteiger partial charge in [-0.1, -0.05) is 0 Å². The summed E-state index contributed by atoms with van der Waals surface area (Å²) in [6.45, 7) is 4.15. The van der Waals surface area contributed by atoms with Gasteiger partial charge in [-0.25, -0.2) is 18.2 Å². The second-order valence-electron chi connectivity index (χ2n) is 5.44. The average molecular weight is 383 g/mol. The van der Waals surface area contributed by atoms with Crippen molar-refractivity contribution in [3.8, 4) is 0 Å². The van der Waals surface area contributed by atoms with E-state index in [2.05, 4.69) is 9.71 Å². The third-order valence-corrected chi connectivity index (χ3v) is 6.46. The van der Waals surface area contributed by atoms with Gasteiger partial charge in [0.1, 0.15) is 0 Å². The Kier molecular flexibility index (Phi) is 4.93. The van der Waals surface area contributed by atoms with Crippen LogP contribution in [0.5, 0.6) is 0 Å². The third-order valence-electron chi connectivity index (χ3n) is 3.72. The fourth-order valence-electron chi connectivity index (χ4n) is 2.48. The Morgan fingerprint density at radius 3 is 2.68 bits per heavy atom. The van der Waals surface area contributed by atoms with Gasteiger partial charge in [-0.05, 0) is 25.1 Å². The molecule has 0 saturated carbocycles. The molecule has 2 aromatic rings. The Hall–Kier alpha value is -2.17. The van der Waals surface area contributed by atoms with E-state index in [9.17, 15) is 18.3 Å². The van der Waals surface area contributed by atoms with Gasteiger partial charge in [-0.3, -0.25) is 4.72 Å². The van der Waals surface area contributed by atoms with Crippen molar-refractivity contribution in [3.63, 3.8) is 0 Å². The molecule has 0 atom stereocenters. The molecule has 134 valence electrons. The monoisotopic (exact) mass is 383 g/mol. The Labute approximate surface area is 149 Å². The van der Waals surface area contributed by atoms with Gasteiger partial charge in [-0.2, -0.15) is 0 Å². The fraction of sp³-hybridized carbons (Fsp3) is 0.333. The Balaban J connectivity index is 1.91. The number of sulfonamides is 1. The maximum absolute atomic E-state index is 12.4. The van der Waals surface area contributed by atoms with Crippen LogP contribution >= 0.6 is 11.3 Å². The van der Waals surface area contributed by atoms with Gasteiger partial charge < -0.3 is 14.7 Å². The van der Waals surface area contributed by atoms with Gasteiger partial charge in [0.25, 0.3) is 10.0 Å². The van der Waals surface area contributed by atoms with E-state index in [1.165, 1.54) is 18.3 Å². The molecule has 0 unspecified atom stereocenters. The lowest BCUT2D eigenvalue weighted by Crippen LogP contribution is -2.36. The summed E-state index contributed by atoms with van der Waals surface area (Å²) in [6, 6.07) is 4.65. The van der Waals surface area contributed by atoms with E-state index in [0.717, 1.165) is 17.0 Å². The molecular weight excluding hydrogens is 366 g/mol. The number of benzene rings is 1. The summed E-state index contributed by atoms with van der Waals surface area (Å²) < 4.78 is 32.5. The molecule has 1 aliphatic heterocycles. The van der Waals surface area contributed by atoms with Crippen molar-refractivity contribution < 1.29 is 23.1 Å². The zero-order valence-electron chi connectivity index (χ0n) is 13.4. The van der Waals surface area contributed by atoms with Crippen LogP contribution in [0, 0.1) is 6.92 Å². The van der Waals surface area contributed by atoms with Crippen LogP contribution in [-0.2, 0) is 14.8 Å². The summed E-state index contributed by atoms with van der Waals surface area (Å²) in [6.07, 6.45) is 1.25. The molecule has 10 heteroatoms. The molecule has 2 heterocycles. The molecule has 0 radical (unpaired) electrons. The third kappa shape index (κ3) is 3.91. The lowest BCUT2D eigenvalue weighted by molar-refractivity contribution is 0.0698. The molecule has 25 heavy (non-hydrogen) atoms. The van der Waals surface area contributed by atoms with Crippen molar-refractivity contribution in [3.05, 3.63) is 35.0 Å². The zero-order valence-corrected chi connectivity index (χ0v) is 15.1. The molecule has 0 spiro atoms. The van der Waals surface area contributed by atoms with E-state index in [4.69, 9.17) is 4.74 Å². The summed E-state index contributed by atoms with van der Waals surface area (Å²) in [7, 11) is -3.88. The molecular formula is C15H17N3O5S2. The van der Waals surface area contributed by atoms with E-state index >= 15 is 0 Å². The first-order valence-electron chi connectivity index (χ1n) is 7.52. The van der Waals surface area contributed by atoms with E-state index in [1.54, 1.807) is 13.0 Å². The number of anilines is 2. The average Bonchev–Trinajstić information content (AvgIpc) is 3.03. The molecule has 2 N–H and O–H groups in total. The van der Waals surface area contributed by atoms with Crippen molar-refractivity contribution >= 4 is 38.7 Å². The van der Waals surface area contributed by atoms with Crippen LogP contribution in [0.1, 0.15) is 15.4 Å². The molecule has 1 saturated heterocycles. The topological polar surface area (TPSA) is 109 Å². The predicted octanol–water partition coefficient (Wildman–Crippen LogP) is 1.79. The molecule has 0 bridgehead atoms. The minimum absolute atomic E-state index is 0.0237. The van der Waals surface area contributed by atoms with Crippen LogP contribution in [0.15, 0.2) is 28.6 Å². The fourth-order valence-corrected chi connectivity index (χ4v) is 4.66. The van der Waals surface area contributed by atoms with Crippen molar-refractivity contribution in [1.29, 1.82) is 0 Å². The van der Waals surface area contributed by atoms with Gasteiger partial charge in [0.2, 0.25) is 0 Å². The Morgan fingerprint density at radius 2 is 2.08 bits per heavy atom. The van der Waals surface area contributed by atoms with Crippen LogP contribution in [-0.4, -0.2) is 50.8 Å². The van der Waals surface area contributed by atoms with Gasteiger partial charge in [-0.15, -0.1) is 11.3 Å². The van der Waals surface area contributed by atoms with Crippen molar-refractivity contribution in [2.75, 3.05) is 35.9 Å². The molecule has 8 nitrogen and oxygen atoms in total. The quantitative estimate of drug-likeness (QED) is 0.810. The minimum Gasteiger partial charge on any atom is -0.478 e. The maximum atomic E-state index is 12.4. The summed E-state index contributed by atoms with van der Waals surface area (Å²) in [5.74, 6) is -1.20. The van der Waals surface area contributed by atoms with Gasteiger partial charge in [0.05, 0.1) is 35.7 Å². The number of aromatic carboxylic acids is 1. The van der Waals surface area contributed by atoms with Crippen LogP contribution in [0.4, 0.5) is 11.4 Å². The second-order valence-corrected chi connectivity index (χ2v) is 8.58. The van der Waals surface area contributed by atoms with Gasteiger partial charge in [0, 0.05) is 18.8 Å². The standard InChI is InChI=1S/C15H17N3O5S2/c1-10-16-9-14(24-10)25(21,22)17-13-3-2-11(8-12(13)15(19)20)18-4-6-23-7-5-18/h2-3,8-9,17H,4-7H2,1H3,(H,19,20). The number of rotatable bonds is 5. The van der Waals surface area contributed by atoms with Crippen molar-refractivity contribution in [1.82, 2.24) is 4.98 Å². The summed E-state index contributed by atoms with van der Waals surface area (Å²) in [5, 5.41) is 10.1. The highest BCUT2D eigenvalue weighted by molar-refractivity contribution is 7.94. The number of nitrogens with one attached hydrogen (secondary N) is 1. The number of hydrogen-bond acceptors (Lipinski definition) is 7. The number of morpholine rings is 1. The van der Waals surface area contributed by atoms with Crippen LogP contribution in [0.2, 0.25) is 0 Å². The minimum atomic E-state index is -3.88. The molecule has 1 fully saturated rings. The van der Waals surface area contributed by atoms with Gasteiger partial charge in [0.15, 0.2) is 4.21 Å². The van der Waals surface area contributed by atoms with Crippen LogP contribution < -0.4 is 9.62 Å². The molecule has 1 aromatic heterocycles. The lowest BCUT2D eigenvalue weighted by atomic mass is 10.1. The maximum Gasteiger partial charge on any atom is 0.337 e. The lowest BCUT2D eigenvalue weighted by Gasteiger charge is -2.29. The highest BCUT2D eigenvalue weighted by Crippen LogP contribution is 2.27. The molecule has 1 aromatic carbocycles. The van der Waals surface area contributed by atoms with E-state index < -0.39 is 16.0 Å². The predicted molar refractivity (Wildman–Crippen MR) is 94.1 cm³/mol. The number of nitrogens with zero attached hydrogens (tertiary/aromatic N) is 2. The summed E-state index contributed by atoms with van der Waals surface area (Å²) >= 11 is 1.02. The first-order chi connectivity index (χ1) is 11.9. The van der Waals surface area contributed by atoms with E-state index in [-0.39, 0.29) is 15.5 Å². The number of thiazole rings is 1. The van der Waals surface area contributed by atoms with Crippen molar-refractivity contribution in [2.45, 2.75) is 11.1 Å². The first kappa shape index (κ1) is 17.6. The SMILES string of the molecule is Cc1ncc(S(=O)(=O)Nc2ccc(N3CCOCC3)cc2C(=O)O)s1. The molecule has 0 aliphatic carbocycles. The number of hydrogen-bond donors (Lipinski definition) is 2. The second kappa shape index (κ2) is 6.98. The first-order valence-corrected chi connectivity index (χ1v) is 9.82. The number of carboxylic acid groups (broad SMARTS) is 1. The molecule has 3 rings (SSSR count). The molecule has 1 aliphatic rings.